The maximum absolute atomic E-state index is 12.2. The van der Waals surface area contributed by atoms with Gasteiger partial charge in [-0.05, 0) is 42.8 Å². The molecule has 0 aliphatic heterocycles. The first-order chi connectivity index (χ1) is 12.1. The predicted molar refractivity (Wildman–Crippen MR) is 91.1 cm³/mol. The van der Waals surface area contributed by atoms with E-state index in [1.54, 1.807) is 42.5 Å². The maximum Gasteiger partial charge on any atom is 0.338 e. The minimum absolute atomic E-state index is 0.0409. The fourth-order valence-corrected chi connectivity index (χ4v) is 2.21. The van der Waals surface area contributed by atoms with E-state index in [1.165, 1.54) is 14.2 Å². The molecule has 0 bridgehead atoms. The van der Waals surface area contributed by atoms with Crippen molar-refractivity contribution in [3.8, 4) is 11.5 Å². The van der Waals surface area contributed by atoms with E-state index < -0.39 is 11.9 Å². The van der Waals surface area contributed by atoms with Crippen molar-refractivity contribution in [2.45, 2.75) is 13.5 Å². The molecule has 25 heavy (non-hydrogen) atoms. The lowest BCUT2D eigenvalue weighted by molar-refractivity contribution is 0.0472. The summed E-state index contributed by atoms with van der Waals surface area (Å²) in [5.74, 6) is 0.0885. The summed E-state index contributed by atoms with van der Waals surface area (Å²) in [6, 6.07) is 11.6. The summed E-state index contributed by atoms with van der Waals surface area (Å²) in [6.45, 7) is 2.40. The van der Waals surface area contributed by atoms with Crippen LogP contribution in [0, 0.1) is 0 Å². The molecule has 0 spiro atoms. The van der Waals surface area contributed by atoms with E-state index in [2.05, 4.69) is 4.74 Å². The largest absolute Gasteiger partial charge is 0.493 e. The highest BCUT2D eigenvalue weighted by molar-refractivity contribution is 5.90. The number of hydrogen-bond acceptors (Lipinski definition) is 6. The molecule has 0 fully saturated rings. The van der Waals surface area contributed by atoms with Crippen LogP contribution in [0.5, 0.6) is 11.5 Å². The van der Waals surface area contributed by atoms with Crippen molar-refractivity contribution in [2.24, 2.45) is 0 Å². The topological polar surface area (TPSA) is 71.1 Å². The van der Waals surface area contributed by atoms with Crippen LogP contribution in [0.3, 0.4) is 0 Å². The van der Waals surface area contributed by atoms with Gasteiger partial charge in [0.2, 0.25) is 0 Å². The fourth-order valence-electron chi connectivity index (χ4n) is 2.21. The van der Waals surface area contributed by atoms with Crippen molar-refractivity contribution >= 4 is 11.9 Å². The normalized spacial score (nSPS) is 10.0. The van der Waals surface area contributed by atoms with Crippen molar-refractivity contribution in [3.05, 3.63) is 59.2 Å². The summed E-state index contributed by atoms with van der Waals surface area (Å²) in [5.41, 5.74) is 1.44. The van der Waals surface area contributed by atoms with E-state index >= 15 is 0 Å². The molecule has 0 radical (unpaired) electrons. The van der Waals surface area contributed by atoms with Crippen molar-refractivity contribution in [1.29, 1.82) is 0 Å². The summed E-state index contributed by atoms with van der Waals surface area (Å²) < 4.78 is 20.6. The third-order valence-electron chi connectivity index (χ3n) is 3.42. The Bertz CT molecular complexity index is 753. The quantitative estimate of drug-likeness (QED) is 0.718. The number of esters is 2. The molecule has 2 aromatic rings. The molecule has 6 heteroatoms. The molecule has 0 heterocycles. The van der Waals surface area contributed by atoms with Crippen LogP contribution in [0.15, 0.2) is 42.5 Å². The smallest absolute Gasteiger partial charge is 0.338 e. The Hall–Kier alpha value is -3.02. The molecule has 2 aromatic carbocycles. The lowest BCUT2D eigenvalue weighted by atomic mass is 10.1. The van der Waals surface area contributed by atoms with Crippen LogP contribution in [0.25, 0.3) is 0 Å². The van der Waals surface area contributed by atoms with E-state index in [0.29, 0.717) is 34.8 Å². The van der Waals surface area contributed by atoms with Crippen LogP contribution < -0.4 is 9.47 Å². The highest BCUT2D eigenvalue weighted by Gasteiger charge is 2.13. The average Bonchev–Trinajstić information content (AvgIpc) is 2.66. The first-order valence-corrected chi connectivity index (χ1v) is 7.74. The van der Waals surface area contributed by atoms with Gasteiger partial charge in [0.05, 0.1) is 32.0 Å². The molecule has 2 rings (SSSR count). The average molecular weight is 344 g/mol. The Morgan fingerprint density at radius 2 is 1.68 bits per heavy atom. The van der Waals surface area contributed by atoms with Crippen LogP contribution in [-0.2, 0) is 16.1 Å². The lowest BCUT2D eigenvalue weighted by Crippen LogP contribution is -2.07. The number of carbonyl (C=O) groups is 2. The molecular weight excluding hydrogens is 324 g/mol. The monoisotopic (exact) mass is 344 g/mol. The zero-order chi connectivity index (χ0) is 18.2. The lowest BCUT2D eigenvalue weighted by Gasteiger charge is -2.11. The molecule has 0 aliphatic rings. The number of rotatable bonds is 7. The van der Waals surface area contributed by atoms with E-state index in [1.807, 2.05) is 6.92 Å². The third kappa shape index (κ3) is 4.73. The number of hydrogen-bond donors (Lipinski definition) is 0. The highest BCUT2D eigenvalue weighted by Crippen LogP contribution is 2.28. The maximum atomic E-state index is 12.2. The van der Waals surface area contributed by atoms with Gasteiger partial charge in [0.25, 0.3) is 0 Å². The molecule has 0 amide bonds. The van der Waals surface area contributed by atoms with Gasteiger partial charge in [0, 0.05) is 0 Å². The Balaban J connectivity index is 2.06. The van der Waals surface area contributed by atoms with E-state index in [-0.39, 0.29) is 6.61 Å². The van der Waals surface area contributed by atoms with Gasteiger partial charge in [0.15, 0.2) is 11.5 Å². The molecule has 0 aliphatic carbocycles. The van der Waals surface area contributed by atoms with Crippen LogP contribution >= 0.6 is 0 Å². The van der Waals surface area contributed by atoms with Gasteiger partial charge in [-0.1, -0.05) is 12.1 Å². The van der Waals surface area contributed by atoms with Gasteiger partial charge in [-0.15, -0.1) is 0 Å². The number of carbonyl (C=O) groups excluding carboxylic acids is 2. The Morgan fingerprint density at radius 3 is 2.36 bits per heavy atom. The second kappa shape index (κ2) is 8.73. The predicted octanol–water partition coefficient (Wildman–Crippen LogP) is 3.24. The number of methoxy groups -OCH3 is 2. The van der Waals surface area contributed by atoms with Gasteiger partial charge in [-0.25, -0.2) is 9.59 Å². The standard InChI is InChI=1S/C19H20O6/c1-4-24-16-9-8-15(11-17(16)22-2)19(21)25-12-13-6-5-7-14(10-13)18(20)23-3/h5-11H,4,12H2,1-3H3. The van der Waals surface area contributed by atoms with E-state index in [0.717, 1.165) is 0 Å². The molecule has 0 aromatic heterocycles. The summed E-state index contributed by atoms with van der Waals surface area (Å²) in [4.78, 5) is 23.7. The Labute approximate surface area is 146 Å². The van der Waals surface area contributed by atoms with Crippen molar-refractivity contribution < 1.29 is 28.5 Å². The van der Waals surface area contributed by atoms with Gasteiger partial charge in [-0.3, -0.25) is 0 Å². The second-order valence-corrected chi connectivity index (χ2v) is 5.07. The molecule has 6 nitrogen and oxygen atoms in total. The fraction of sp³-hybridized carbons (Fsp3) is 0.263. The minimum Gasteiger partial charge on any atom is -0.493 e. The first-order valence-electron chi connectivity index (χ1n) is 7.74. The summed E-state index contributed by atoms with van der Waals surface area (Å²) >= 11 is 0. The Morgan fingerprint density at radius 1 is 0.920 bits per heavy atom. The second-order valence-electron chi connectivity index (χ2n) is 5.07. The van der Waals surface area contributed by atoms with Crippen LogP contribution in [0.2, 0.25) is 0 Å². The summed E-state index contributed by atoms with van der Waals surface area (Å²) in [7, 11) is 2.82. The third-order valence-corrected chi connectivity index (χ3v) is 3.42. The SMILES string of the molecule is CCOc1ccc(C(=O)OCc2cccc(C(=O)OC)c2)cc1OC. The van der Waals surface area contributed by atoms with Crippen LogP contribution in [0.4, 0.5) is 0 Å². The summed E-state index contributed by atoms with van der Waals surface area (Å²) in [5, 5.41) is 0. The van der Waals surface area contributed by atoms with Crippen LogP contribution in [0.1, 0.15) is 33.2 Å². The molecule has 0 atom stereocenters. The molecule has 0 saturated heterocycles. The first kappa shape index (κ1) is 18.3. The van der Waals surface area contributed by atoms with Gasteiger partial charge >= 0.3 is 11.9 Å². The Kier molecular flexibility index (Phi) is 6.39. The molecule has 0 unspecified atom stereocenters. The summed E-state index contributed by atoms with van der Waals surface area (Å²) in [6.07, 6.45) is 0. The van der Waals surface area contributed by atoms with E-state index in [4.69, 9.17) is 14.2 Å². The molecular formula is C19H20O6. The highest BCUT2D eigenvalue weighted by atomic mass is 16.5. The van der Waals surface area contributed by atoms with Crippen LogP contribution in [-0.4, -0.2) is 32.8 Å². The van der Waals surface area contributed by atoms with Gasteiger partial charge in [0.1, 0.15) is 6.61 Å². The van der Waals surface area contributed by atoms with Crippen molar-refractivity contribution in [3.63, 3.8) is 0 Å². The van der Waals surface area contributed by atoms with Gasteiger partial charge < -0.3 is 18.9 Å². The molecule has 0 N–H and O–H groups in total. The minimum atomic E-state index is -0.496. The molecule has 0 saturated carbocycles. The zero-order valence-corrected chi connectivity index (χ0v) is 14.4. The van der Waals surface area contributed by atoms with Crippen molar-refractivity contribution in [1.82, 2.24) is 0 Å². The number of ether oxygens (including phenoxy) is 4. The van der Waals surface area contributed by atoms with Gasteiger partial charge in [-0.2, -0.15) is 0 Å². The van der Waals surface area contributed by atoms with E-state index in [9.17, 15) is 9.59 Å². The molecule has 132 valence electrons. The zero-order valence-electron chi connectivity index (χ0n) is 14.4. The number of benzene rings is 2. The van der Waals surface area contributed by atoms with Crippen molar-refractivity contribution in [2.75, 3.05) is 20.8 Å².